The van der Waals surface area contributed by atoms with Crippen LogP contribution in [0.4, 0.5) is 0 Å². The number of carboxylic acid groups (broad SMARTS) is 1. The molecule has 5 nitrogen and oxygen atoms in total. The fourth-order valence-corrected chi connectivity index (χ4v) is 2.38. The zero-order valence-corrected chi connectivity index (χ0v) is 13.5. The first-order chi connectivity index (χ1) is 11.1. The molecule has 2 rings (SSSR count). The van der Waals surface area contributed by atoms with E-state index in [0.717, 1.165) is 34.4 Å². The van der Waals surface area contributed by atoms with Crippen molar-refractivity contribution in [1.29, 1.82) is 0 Å². The maximum Gasteiger partial charge on any atom is 0.328 e. The first-order valence-corrected chi connectivity index (χ1v) is 7.27. The summed E-state index contributed by atoms with van der Waals surface area (Å²) in [5, 5.41) is 10.6. The normalized spacial score (nSPS) is 11.1. The van der Waals surface area contributed by atoms with E-state index in [1.807, 2.05) is 18.2 Å². The van der Waals surface area contributed by atoms with E-state index in [4.69, 9.17) is 19.3 Å². The van der Waals surface area contributed by atoms with Crippen LogP contribution in [0, 0.1) is 0 Å². The molecule has 0 aliphatic heterocycles. The second-order valence-electron chi connectivity index (χ2n) is 4.95. The molecule has 2 aromatic rings. The monoisotopic (exact) mass is 316 g/mol. The van der Waals surface area contributed by atoms with E-state index >= 15 is 0 Å². The van der Waals surface area contributed by atoms with E-state index in [1.165, 1.54) is 0 Å². The Hall–Kier alpha value is -2.53. The highest BCUT2D eigenvalue weighted by molar-refractivity contribution is 5.99. The standard InChI is InChI=1S/C18H20O5/c1-4-12-5-7-14-15(9-12)13(6-8-17(19)20)10-16(22-3)18(14)23-11-21-2/h5-10H,4,11H2,1-3H3,(H,19,20)/b8-6+. The van der Waals surface area contributed by atoms with Gasteiger partial charge >= 0.3 is 5.97 Å². The van der Waals surface area contributed by atoms with Gasteiger partial charge in [0.25, 0.3) is 0 Å². The number of ether oxygens (including phenoxy) is 3. The maximum absolute atomic E-state index is 10.8. The van der Waals surface area contributed by atoms with Gasteiger partial charge in [-0.15, -0.1) is 0 Å². The molecule has 0 spiro atoms. The van der Waals surface area contributed by atoms with Crippen LogP contribution in [0.15, 0.2) is 30.3 Å². The van der Waals surface area contributed by atoms with Crippen molar-refractivity contribution in [2.75, 3.05) is 21.0 Å². The van der Waals surface area contributed by atoms with E-state index in [9.17, 15) is 4.79 Å². The molecule has 0 aliphatic carbocycles. The molecule has 122 valence electrons. The quantitative estimate of drug-likeness (QED) is 0.625. The van der Waals surface area contributed by atoms with Crippen molar-refractivity contribution >= 4 is 22.8 Å². The second-order valence-corrected chi connectivity index (χ2v) is 4.95. The van der Waals surface area contributed by atoms with Gasteiger partial charge in [0, 0.05) is 18.6 Å². The van der Waals surface area contributed by atoms with Crippen molar-refractivity contribution < 1.29 is 24.1 Å². The average Bonchev–Trinajstić information content (AvgIpc) is 2.57. The van der Waals surface area contributed by atoms with Gasteiger partial charge in [0.05, 0.1) is 7.11 Å². The van der Waals surface area contributed by atoms with Crippen LogP contribution < -0.4 is 9.47 Å². The molecular formula is C18H20O5. The zero-order valence-electron chi connectivity index (χ0n) is 13.5. The number of aliphatic carboxylic acids is 1. The highest BCUT2D eigenvalue weighted by Crippen LogP contribution is 2.39. The minimum atomic E-state index is -0.997. The minimum absolute atomic E-state index is 0.102. The number of benzene rings is 2. The molecule has 0 heterocycles. The molecule has 1 N–H and O–H groups in total. The van der Waals surface area contributed by atoms with Crippen molar-refractivity contribution in [3.8, 4) is 11.5 Å². The molecule has 0 fully saturated rings. The summed E-state index contributed by atoms with van der Waals surface area (Å²) < 4.78 is 16.0. The van der Waals surface area contributed by atoms with Crippen LogP contribution in [0.2, 0.25) is 0 Å². The number of rotatable bonds is 7. The van der Waals surface area contributed by atoms with Crippen molar-refractivity contribution in [3.05, 3.63) is 41.5 Å². The third kappa shape index (κ3) is 3.81. The van der Waals surface area contributed by atoms with Crippen molar-refractivity contribution in [2.24, 2.45) is 0 Å². The molecular weight excluding hydrogens is 296 g/mol. The maximum atomic E-state index is 10.8. The van der Waals surface area contributed by atoms with Crippen LogP contribution in [-0.2, 0) is 16.0 Å². The fourth-order valence-electron chi connectivity index (χ4n) is 2.38. The first kappa shape index (κ1) is 16.8. The molecule has 2 aromatic carbocycles. The number of hydrogen-bond donors (Lipinski definition) is 1. The van der Waals surface area contributed by atoms with Gasteiger partial charge < -0.3 is 19.3 Å². The van der Waals surface area contributed by atoms with Gasteiger partial charge in [-0.3, -0.25) is 0 Å². The van der Waals surface area contributed by atoms with Gasteiger partial charge in [-0.2, -0.15) is 0 Å². The fraction of sp³-hybridized carbons (Fsp3) is 0.278. The lowest BCUT2D eigenvalue weighted by Gasteiger charge is -2.15. The first-order valence-electron chi connectivity index (χ1n) is 7.27. The minimum Gasteiger partial charge on any atom is -0.493 e. The molecule has 0 atom stereocenters. The van der Waals surface area contributed by atoms with Crippen molar-refractivity contribution in [3.63, 3.8) is 0 Å². The number of fused-ring (bicyclic) bond motifs is 1. The molecule has 0 saturated heterocycles. The lowest BCUT2D eigenvalue weighted by Crippen LogP contribution is -2.02. The Kier molecular flexibility index (Phi) is 5.60. The topological polar surface area (TPSA) is 65.0 Å². The van der Waals surface area contributed by atoms with Crippen LogP contribution in [0.5, 0.6) is 11.5 Å². The van der Waals surface area contributed by atoms with Gasteiger partial charge in [0.1, 0.15) is 0 Å². The van der Waals surface area contributed by atoms with Gasteiger partial charge in [0.2, 0.25) is 0 Å². The molecule has 0 saturated carbocycles. The SMILES string of the molecule is CCc1ccc2c(OCOC)c(OC)cc(/C=C/C(=O)O)c2c1. The van der Waals surface area contributed by atoms with Gasteiger partial charge in [-0.05, 0) is 35.1 Å². The largest absolute Gasteiger partial charge is 0.493 e. The number of methoxy groups -OCH3 is 2. The number of carboxylic acids is 1. The van der Waals surface area contributed by atoms with Crippen LogP contribution in [0.1, 0.15) is 18.1 Å². The summed E-state index contributed by atoms with van der Waals surface area (Å²) in [5.41, 5.74) is 1.92. The van der Waals surface area contributed by atoms with Crippen LogP contribution >= 0.6 is 0 Å². The summed E-state index contributed by atoms with van der Waals surface area (Å²) in [6.07, 6.45) is 3.56. The van der Waals surface area contributed by atoms with E-state index in [-0.39, 0.29) is 6.79 Å². The predicted octanol–water partition coefficient (Wildman–Crippen LogP) is 3.49. The van der Waals surface area contributed by atoms with E-state index in [2.05, 4.69) is 6.92 Å². The molecule has 23 heavy (non-hydrogen) atoms. The lowest BCUT2D eigenvalue weighted by molar-refractivity contribution is -0.131. The molecule has 0 bridgehead atoms. The summed E-state index contributed by atoms with van der Waals surface area (Å²) >= 11 is 0. The number of aryl methyl sites for hydroxylation is 1. The summed E-state index contributed by atoms with van der Waals surface area (Å²) in [6.45, 7) is 2.17. The van der Waals surface area contributed by atoms with Crippen LogP contribution in [0.25, 0.3) is 16.8 Å². The Morgan fingerprint density at radius 2 is 2.00 bits per heavy atom. The number of hydrogen-bond acceptors (Lipinski definition) is 4. The third-order valence-corrected chi connectivity index (χ3v) is 3.50. The Labute approximate surface area is 135 Å². The van der Waals surface area contributed by atoms with Crippen LogP contribution in [0.3, 0.4) is 0 Å². The Morgan fingerprint density at radius 3 is 2.61 bits per heavy atom. The highest BCUT2D eigenvalue weighted by atomic mass is 16.7. The van der Waals surface area contributed by atoms with Gasteiger partial charge in [0.15, 0.2) is 18.3 Å². The van der Waals surface area contributed by atoms with Gasteiger partial charge in [-0.1, -0.05) is 25.1 Å². The zero-order chi connectivity index (χ0) is 16.8. The molecule has 0 radical (unpaired) electrons. The average molecular weight is 316 g/mol. The second kappa shape index (κ2) is 7.65. The summed E-state index contributed by atoms with van der Waals surface area (Å²) in [5.74, 6) is 0.117. The Bertz CT molecular complexity index is 734. The summed E-state index contributed by atoms with van der Waals surface area (Å²) in [6, 6.07) is 7.79. The highest BCUT2D eigenvalue weighted by Gasteiger charge is 2.14. The van der Waals surface area contributed by atoms with Crippen LogP contribution in [-0.4, -0.2) is 32.1 Å². The summed E-state index contributed by atoms with van der Waals surface area (Å²) in [4.78, 5) is 10.8. The van der Waals surface area contributed by atoms with Gasteiger partial charge in [-0.25, -0.2) is 4.79 Å². The Balaban J connectivity index is 2.71. The van der Waals surface area contributed by atoms with Crippen molar-refractivity contribution in [2.45, 2.75) is 13.3 Å². The van der Waals surface area contributed by atoms with E-state index in [0.29, 0.717) is 11.5 Å². The molecule has 0 aliphatic rings. The third-order valence-electron chi connectivity index (χ3n) is 3.50. The smallest absolute Gasteiger partial charge is 0.328 e. The number of carbonyl (C=O) groups is 1. The molecule has 0 amide bonds. The molecule has 0 unspecified atom stereocenters. The summed E-state index contributed by atoms with van der Waals surface area (Å²) in [7, 11) is 3.10. The predicted molar refractivity (Wildman–Crippen MR) is 89.1 cm³/mol. The lowest BCUT2D eigenvalue weighted by atomic mass is 9.99. The molecule has 0 aromatic heterocycles. The van der Waals surface area contributed by atoms with E-state index in [1.54, 1.807) is 26.4 Å². The van der Waals surface area contributed by atoms with E-state index < -0.39 is 5.97 Å². The Morgan fingerprint density at radius 1 is 1.22 bits per heavy atom. The van der Waals surface area contributed by atoms with Crippen molar-refractivity contribution in [1.82, 2.24) is 0 Å². The molecule has 5 heteroatoms.